The number of anilines is 1. The molecule has 0 radical (unpaired) electrons. The van der Waals surface area contributed by atoms with Gasteiger partial charge in [-0.05, 0) is 44.9 Å². The number of phenolic OH excluding ortho intramolecular Hbond substituents is 1. The summed E-state index contributed by atoms with van der Waals surface area (Å²) in [6.07, 6.45) is 5.98. The highest BCUT2D eigenvalue weighted by atomic mass is 19.1. The third kappa shape index (κ3) is 11.5. The van der Waals surface area contributed by atoms with Crippen LogP contribution in [0.25, 0.3) is 10.9 Å². The van der Waals surface area contributed by atoms with Crippen LogP contribution in [0.3, 0.4) is 0 Å². The van der Waals surface area contributed by atoms with E-state index < -0.39 is 130 Å². The lowest BCUT2D eigenvalue weighted by atomic mass is 9.78. The number of methoxy groups -OCH3 is 1. The molecular weight excluding hydrogens is 1100 g/mol. The Morgan fingerprint density at radius 3 is 2.21 bits per heavy atom. The highest BCUT2D eigenvalue weighted by molar-refractivity contribution is 6.33. The summed E-state index contributed by atoms with van der Waals surface area (Å²) < 4.78 is 47.9. The van der Waals surface area contributed by atoms with Crippen molar-refractivity contribution in [3.05, 3.63) is 110 Å². The number of aromatic carboxylic acids is 1. The monoisotopic (exact) mass is 1170 g/mol. The van der Waals surface area contributed by atoms with Gasteiger partial charge < -0.3 is 73.5 Å². The summed E-state index contributed by atoms with van der Waals surface area (Å²) >= 11 is 0. The molecule has 10 rings (SSSR count). The number of carbonyl (C=O) groups excluding carboxylic acids is 5. The Morgan fingerprint density at radius 1 is 0.881 bits per heavy atom. The molecule has 23 nitrogen and oxygen atoms in total. The van der Waals surface area contributed by atoms with Gasteiger partial charge in [0.2, 0.25) is 17.0 Å². The number of aromatic nitrogens is 1. The molecule has 2 amide bonds. The minimum Gasteiger partial charge on any atom is -0.507 e. The molecule has 1 saturated carbocycles. The molecule has 24 heteroatoms. The molecule has 2 aliphatic carbocycles. The Bertz CT molecular complexity index is 3410. The molecule has 0 spiro atoms. The van der Waals surface area contributed by atoms with E-state index in [4.69, 9.17) is 28.5 Å². The zero-order valence-corrected chi connectivity index (χ0v) is 48.3. The lowest BCUT2D eigenvalue weighted by molar-refractivity contribution is -0.160. The number of amides is 2. The van der Waals surface area contributed by atoms with E-state index in [1.165, 1.54) is 70.4 Å². The first-order valence-electron chi connectivity index (χ1n) is 28.1. The Labute approximate surface area is 483 Å². The fourth-order valence-electron chi connectivity index (χ4n) is 11.8. The summed E-state index contributed by atoms with van der Waals surface area (Å²) in [5.74, 6) is -11.4. The summed E-state index contributed by atoms with van der Waals surface area (Å²) in [6.45, 7) is 12.8. The van der Waals surface area contributed by atoms with Crippen LogP contribution in [0.15, 0.2) is 75.8 Å². The van der Waals surface area contributed by atoms with Crippen molar-refractivity contribution in [3.63, 3.8) is 0 Å². The molecule has 1 aromatic heterocycles. The first kappa shape index (κ1) is 60.7. The number of allylic oxidation sites excluding steroid dienone is 4. The van der Waals surface area contributed by atoms with Gasteiger partial charge in [0.1, 0.15) is 40.4 Å². The van der Waals surface area contributed by atoms with Gasteiger partial charge >= 0.3 is 11.9 Å². The smallest absolute Gasteiger partial charge is 0.341 e. The fourth-order valence-corrected chi connectivity index (χ4v) is 11.8. The highest BCUT2D eigenvalue weighted by Crippen LogP contribution is 2.50. The molecule has 7 aliphatic rings. The third-order valence-corrected chi connectivity index (χ3v) is 16.9. The Morgan fingerprint density at radius 2 is 1.57 bits per heavy atom. The predicted octanol–water partition coefficient (Wildman–Crippen LogP) is 4.66. The minimum absolute atomic E-state index is 0.0236. The Kier molecular flexibility index (Phi) is 17.6. The molecule has 5 bridgehead atoms. The number of benzene rings is 2. The van der Waals surface area contributed by atoms with E-state index in [0.29, 0.717) is 5.52 Å². The number of carboxylic acids is 1. The average molecular weight is 1170 g/mol. The van der Waals surface area contributed by atoms with E-state index in [9.17, 15) is 44.4 Å². The number of nitrogens with zero attached hydrogens (tertiary/aromatic N) is 5. The number of nitrogens with one attached hydrogen (secondary N) is 1. The van der Waals surface area contributed by atoms with Crippen LogP contribution >= 0.6 is 0 Å². The summed E-state index contributed by atoms with van der Waals surface area (Å²) in [7, 11) is 1.41. The molecule has 2 aromatic carbocycles. The lowest BCUT2D eigenvalue weighted by Crippen LogP contribution is -2.50. The number of piperazine rings is 1. The van der Waals surface area contributed by atoms with Crippen molar-refractivity contribution in [2.24, 2.45) is 28.8 Å². The number of carbonyl (C=O) groups is 6. The second-order valence-corrected chi connectivity index (χ2v) is 22.5. The van der Waals surface area contributed by atoms with Crippen molar-refractivity contribution in [3.8, 4) is 11.5 Å². The number of aromatic hydroxyl groups is 1. The maximum Gasteiger partial charge on any atom is 0.341 e. The molecule has 6 heterocycles. The number of carboxylic acid groups (broad SMARTS) is 1. The van der Waals surface area contributed by atoms with Crippen LogP contribution in [-0.4, -0.2) is 172 Å². The van der Waals surface area contributed by atoms with Crippen LogP contribution < -0.4 is 20.4 Å². The number of hydrogen-bond acceptors (Lipinski definition) is 19. The number of morpholine rings is 1. The second-order valence-electron chi connectivity index (χ2n) is 22.5. The molecule has 5 aliphatic heterocycles. The Balaban J connectivity index is 1.08. The number of oxime groups is 1. The molecule has 5 N–H and O–H groups in total. The Hall–Kier alpha value is -7.93. The van der Waals surface area contributed by atoms with E-state index in [0.717, 1.165) is 18.9 Å². The molecule has 450 valence electrons. The summed E-state index contributed by atoms with van der Waals surface area (Å²) in [5, 5.41) is 52.0. The summed E-state index contributed by atoms with van der Waals surface area (Å²) in [5.41, 5.74) is -2.43. The van der Waals surface area contributed by atoms with Crippen molar-refractivity contribution in [1.82, 2.24) is 19.7 Å². The number of rotatable bonds is 9. The second kappa shape index (κ2) is 24.3. The third-order valence-electron chi connectivity index (χ3n) is 16.9. The van der Waals surface area contributed by atoms with E-state index in [2.05, 4.69) is 10.5 Å². The zero-order valence-electron chi connectivity index (χ0n) is 48.3. The maximum atomic E-state index is 15.9. The first-order valence-corrected chi connectivity index (χ1v) is 28.1. The van der Waals surface area contributed by atoms with Crippen molar-refractivity contribution in [2.75, 3.05) is 71.1 Å². The number of halogens is 1. The van der Waals surface area contributed by atoms with Gasteiger partial charge in [-0.25, -0.2) is 9.18 Å². The van der Waals surface area contributed by atoms with Crippen LogP contribution in [0.1, 0.15) is 110 Å². The van der Waals surface area contributed by atoms with Crippen molar-refractivity contribution in [2.45, 2.75) is 104 Å². The number of fused-ring (bicyclic) bond motifs is 15. The molecular formula is C60H71FN6O17. The van der Waals surface area contributed by atoms with Gasteiger partial charge in [0.15, 0.2) is 12.3 Å². The molecule has 0 unspecified atom stereocenters. The normalized spacial score (nSPS) is 27.6. The largest absolute Gasteiger partial charge is 0.507 e. The van der Waals surface area contributed by atoms with E-state index in [1.54, 1.807) is 54.2 Å². The average Bonchev–Trinajstić information content (AvgIpc) is 1.59. The summed E-state index contributed by atoms with van der Waals surface area (Å²) in [6, 6.07) is 2.55. The van der Waals surface area contributed by atoms with E-state index >= 15 is 14.0 Å². The van der Waals surface area contributed by atoms with Gasteiger partial charge in [0, 0.05) is 113 Å². The SMILES string of the molecule is CO[C@H]1C=CO[C@@]2(C)Oc3c(C)c(O)c4c(c3C2=NOCC(=O)N2CCN(c3cc5c(cc3F)c(=O)c(C(=O)O)cn5C3CC3)CC2)C(=O)C(N2CCOCC2)=C(NC(=O)C(C)=CC=C[C@H](C)[C@H](O)[C@@H](C)[C@@H](O)[C@@H](C)[C@H](OC(C)=O)[C@@H]1C)C4=O. The van der Waals surface area contributed by atoms with Crippen LogP contribution in [0.2, 0.25) is 0 Å². The van der Waals surface area contributed by atoms with Crippen LogP contribution in [-0.2, 0) is 38.2 Å². The van der Waals surface area contributed by atoms with Crippen LogP contribution in [0, 0.1) is 36.4 Å². The number of esters is 1. The van der Waals surface area contributed by atoms with Gasteiger partial charge in [-0.2, -0.15) is 0 Å². The topological polar surface area (TPSA) is 295 Å². The number of ketones is 2. The lowest BCUT2D eigenvalue weighted by Gasteiger charge is -2.38. The van der Waals surface area contributed by atoms with Crippen LogP contribution in [0.5, 0.6) is 11.5 Å². The van der Waals surface area contributed by atoms with Gasteiger partial charge in [-0.3, -0.25) is 28.8 Å². The van der Waals surface area contributed by atoms with Gasteiger partial charge in [0.25, 0.3) is 17.6 Å². The number of aliphatic hydroxyl groups excluding tert-OH is 2. The maximum absolute atomic E-state index is 15.9. The number of aliphatic hydroxyl groups is 2. The van der Waals surface area contributed by atoms with Crippen molar-refractivity contribution >= 4 is 57.6 Å². The molecule has 3 fully saturated rings. The molecule has 2 saturated heterocycles. The number of phenols is 1. The predicted molar refractivity (Wildman–Crippen MR) is 301 cm³/mol. The van der Waals surface area contributed by atoms with Gasteiger partial charge in [-0.15, -0.1) is 0 Å². The summed E-state index contributed by atoms with van der Waals surface area (Å²) in [4.78, 5) is 107. The number of hydrogen-bond donors (Lipinski definition) is 5. The van der Waals surface area contributed by atoms with Crippen molar-refractivity contribution < 1.29 is 82.1 Å². The standard InChI is InChI=1S/C60H71FN6O17/c1-29-11-10-12-30(2)58(76)62-47-48(66-20-23-80-24-21-66)54(75)44-45(53(47)74)51(72)34(6)56-46(44)57(60(8,84-56)81-22-15-42(79-9)31(3)55(83-35(7)68)33(5)50(71)32(4)49(29)70)63-82-28-43(69)65-18-16-64(17-19-65)41-26-40-37(25-39(41)61)52(73)38(59(77)78)27-67(40)36-13-14-36/h10-12,15,22,25-27,29,31-33,36,42,49-50,55,70-72H,13-14,16-21,23-24,28H2,1-9H3,(H,62,76)(H,77,78)/t29-,31+,32+,33+,42-,49-,50+,55+,60-/m0/s1. The van der Waals surface area contributed by atoms with Gasteiger partial charge in [-0.1, -0.05) is 51.1 Å². The van der Waals surface area contributed by atoms with Crippen LogP contribution in [0.4, 0.5) is 10.1 Å². The zero-order chi connectivity index (χ0) is 60.8. The quantitative estimate of drug-likeness (QED) is 0.144. The fraction of sp³-hybridized carbons (Fsp3) is 0.500. The van der Waals surface area contributed by atoms with Crippen molar-refractivity contribution in [1.29, 1.82) is 0 Å². The molecule has 84 heavy (non-hydrogen) atoms. The number of ether oxygens (including phenoxy) is 5. The van der Waals surface area contributed by atoms with E-state index in [1.807, 2.05) is 0 Å². The molecule has 9 atom stereocenters. The highest BCUT2D eigenvalue weighted by Gasteiger charge is 2.53. The first-order chi connectivity index (χ1) is 39.9. The number of pyridine rings is 1. The minimum atomic E-state index is -2.07. The molecule has 3 aromatic rings. The van der Waals surface area contributed by atoms with E-state index in [-0.39, 0.29) is 109 Å². The number of Topliss-reactive ketones (excluding diaryl/α,β-unsaturated/α-hetero) is 2. The van der Waals surface area contributed by atoms with Gasteiger partial charge in [0.05, 0.1) is 65.7 Å².